The summed E-state index contributed by atoms with van der Waals surface area (Å²) in [5.41, 5.74) is 21.0. The molecule has 0 bridgehead atoms. The average molecular weight is 435 g/mol. The van der Waals surface area contributed by atoms with Gasteiger partial charge in [0.1, 0.15) is 5.54 Å². The Kier molecular flexibility index (Phi) is 7.90. The first-order valence-corrected chi connectivity index (χ1v) is 9.61. The zero-order valence-electron chi connectivity index (χ0n) is 17.3. The Morgan fingerprint density at radius 3 is 2.71 bits per heavy atom. The van der Waals surface area contributed by atoms with Crippen LogP contribution in [0.2, 0.25) is 0 Å². The van der Waals surface area contributed by atoms with E-state index in [0.717, 1.165) is 0 Å². The van der Waals surface area contributed by atoms with E-state index in [1.54, 1.807) is 6.20 Å². The van der Waals surface area contributed by atoms with Crippen LogP contribution in [0.25, 0.3) is 0 Å². The number of nitrogens with zero attached hydrogens (tertiary/aromatic N) is 4. The van der Waals surface area contributed by atoms with Crippen LogP contribution in [-0.4, -0.2) is 76.4 Å². The highest BCUT2D eigenvalue weighted by atomic mass is 16.2. The maximum Gasteiger partial charge on any atom is 0.318 e. The number of urea groups is 1. The van der Waals surface area contributed by atoms with Gasteiger partial charge in [0, 0.05) is 44.4 Å². The SMILES string of the molecule is CN(C(=O)C[C@H](N)CCCN=C(N)N)[C@@]1(Cc2cnc[nH]2)CN=C(NC(N)=O)NC1=O. The fourth-order valence-electron chi connectivity index (χ4n) is 3.21. The largest absolute Gasteiger partial charge is 0.370 e. The third-order valence-corrected chi connectivity index (χ3v) is 4.91. The first-order chi connectivity index (χ1) is 14.6. The lowest BCUT2D eigenvalue weighted by Crippen LogP contribution is -2.67. The first-order valence-electron chi connectivity index (χ1n) is 9.61. The van der Waals surface area contributed by atoms with Crippen molar-refractivity contribution in [2.24, 2.45) is 32.9 Å². The van der Waals surface area contributed by atoms with E-state index in [1.165, 1.54) is 18.3 Å². The molecule has 11 N–H and O–H groups in total. The number of aromatic nitrogens is 2. The molecule has 1 aliphatic rings. The van der Waals surface area contributed by atoms with E-state index in [2.05, 4.69) is 30.6 Å². The number of rotatable bonds is 9. The van der Waals surface area contributed by atoms with Gasteiger partial charge >= 0.3 is 6.03 Å². The highest BCUT2D eigenvalue weighted by molar-refractivity contribution is 6.09. The molecule has 0 radical (unpaired) electrons. The molecule has 0 unspecified atom stereocenters. The Morgan fingerprint density at radius 1 is 1.39 bits per heavy atom. The second kappa shape index (κ2) is 10.4. The van der Waals surface area contributed by atoms with Gasteiger partial charge in [-0.1, -0.05) is 0 Å². The zero-order chi connectivity index (χ0) is 23.0. The van der Waals surface area contributed by atoms with Crippen molar-refractivity contribution in [1.82, 2.24) is 25.5 Å². The molecule has 0 spiro atoms. The number of carbonyl (C=O) groups is 3. The van der Waals surface area contributed by atoms with Gasteiger partial charge in [0.05, 0.1) is 12.9 Å². The molecule has 0 aliphatic carbocycles. The molecule has 4 amide bonds. The van der Waals surface area contributed by atoms with Crippen molar-refractivity contribution < 1.29 is 14.4 Å². The van der Waals surface area contributed by atoms with Gasteiger partial charge in [-0.15, -0.1) is 0 Å². The topological polar surface area (TPSA) is 236 Å². The molecule has 14 nitrogen and oxygen atoms in total. The van der Waals surface area contributed by atoms with Crippen LogP contribution in [-0.2, 0) is 16.0 Å². The number of primary amides is 1. The van der Waals surface area contributed by atoms with E-state index in [4.69, 9.17) is 22.9 Å². The molecule has 2 atom stereocenters. The molecule has 1 aromatic heterocycles. The summed E-state index contributed by atoms with van der Waals surface area (Å²) in [6.07, 6.45) is 4.33. The molecular weight excluding hydrogens is 406 g/mol. The average Bonchev–Trinajstić information content (AvgIpc) is 3.19. The maximum absolute atomic E-state index is 13.1. The van der Waals surface area contributed by atoms with Crippen LogP contribution in [0.15, 0.2) is 22.5 Å². The van der Waals surface area contributed by atoms with Crippen molar-refractivity contribution in [2.75, 3.05) is 20.1 Å². The molecule has 0 fully saturated rings. The normalized spacial score (nSPS) is 19.0. The van der Waals surface area contributed by atoms with Gasteiger partial charge in [0.15, 0.2) is 5.96 Å². The summed E-state index contributed by atoms with van der Waals surface area (Å²) in [6.45, 7) is 0.325. The fraction of sp³-hybridized carbons (Fsp3) is 0.529. The molecule has 0 aromatic carbocycles. The van der Waals surface area contributed by atoms with Crippen molar-refractivity contribution >= 4 is 29.8 Å². The number of H-pyrrole nitrogens is 1. The molecule has 31 heavy (non-hydrogen) atoms. The fourth-order valence-corrected chi connectivity index (χ4v) is 3.21. The summed E-state index contributed by atoms with van der Waals surface area (Å²) in [7, 11) is 1.52. The number of hydrogen-bond acceptors (Lipinski definition) is 7. The predicted molar refractivity (Wildman–Crippen MR) is 113 cm³/mol. The number of hydrogen-bond donors (Lipinski definition) is 7. The van der Waals surface area contributed by atoms with Crippen molar-refractivity contribution in [3.63, 3.8) is 0 Å². The lowest BCUT2D eigenvalue weighted by atomic mass is 9.88. The van der Waals surface area contributed by atoms with Crippen LogP contribution in [0.4, 0.5) is 4.79 Å². The van der Waals surface area contributed by atoms with Crippen LogP contribution in [0.5, 0.6) is 0 Å². The monoisotopic (exact) mass is 435 g/mol. The Balaban J connectivity index is 2.13. The smallest absolute Gasteiger partial charge is 0.318 e. The summed E-state index contributed by atoms with van der Waals surface area (Å²) in [5.74, 6) is -0.919. The van der Waals surface area contributed by atoms with Gasteiger partial charge in [-0.25, -0.2) is 14.8 Å². The number of nitrogens with two attached hydrogens (primary N) is 4. The van der Waals surface area contributed by atoms with Gasteiger partial charge in [-0.05, 0) is 12.8 Å². The third-order valence-electron chi connectivity index (χ3n) is 4.91. The Labute approximate surface area is 178 Å². The number of imidazole rings is 1. The van der Waals surface area contributed by atoms with Crippen molar-refractivity contribution in [3.05, 3.63) is 18.2 Å². The molecule has 0 saturated carbocycles. The summed E-state index contributed by atoms with van der Waals surface area (Å²) >= 11 is 0. The van der Waals surface area contributed by atoms with E-state index in [-0.39, 0.29) is 37.2 Å². The van der Waals surface area contributed by atoms with E-state index in [0.29, 0.717) is 25.1 Å². The summed E-state index contributed by atoms with van der Waals surface area (Å²) < 4.78 is 0. The third kappa shape index (κ3) is 6.40. The molecule has 170 valence electrons. The van der Waals surface area contributed by atoms with Crippen LogP contribution in [0.1, 0.15) is 25.0 Å². The Hall–Kier alpha value is -3.68. The summed E-state index contributed by atoms with van der Waals surface area (Å²) in [6, 6.07) is -1.30. The van der Waals surface area contributed by atoms with Crippen molar-refractivity contribution in [2.45, 2.75) is 37.3 Å². The zero-order valence-corrected chi connectivity index (χ0v) is 17.3. The summed E-state index contributed by atoms with van der Waals surface area (Å²) in [4.78, 5) is 53.4. The standard InChI is InChI=1S/C17H29N11O3/c1-28(12(29)5-10(18)3-2-4-23-14(19)20)17(6-11-7-22-9-25-11)8-24-16(26-13(17)30)27-15(21)31/h7,9-10H,2-6,8,18H2,1H3,(H,22,25)(H4,19,20,23)(H4,21,24,26,27,30,31)/t10-,17+/m1/s1. The second-order valence-corrected chi connectivity index (χ2v) is 7.26. The minimum absolute atomic E-state index is 0.000750. The van der Waals surface area contributed by atoms with E-state index in [1.807, 2.05) is 0 Å². The van der Waals surface area contributed by atoms with Crippen molar-refractivity contribution in [3.8, 4) is 0 Å². The Bertz CT molecular complexity index is 848. The van der Waals surface area contributed by atoms with E-state index in [9.17, 15) is 14.4 Å². The van der Waals surface area contributed by atoms with Gasteiger partial charge in [0.2, 0.25) is 11.9 Å². The molecular formula is C17H29N11O3. The molecule has 2 heterocycles. The summed E-state index contributed by atoms with van der Waals surface area (Å²) in [5, 5.41) is 4.72. The number of carbonyl (C=O) groups excluding carboxylic acids is 3. The Morgan fingerprint density at radius 2 is 2.13 bits per heavy atom. The van der Waals surface area contributed by atoms with Crippen LogP contribution in [0, 0.1) is 0 Å². The highest BCUT2D eigenvalue weighted by Crippen LogP contribution is 2.24. The van der Waals surface area contributed by atoms with Crippen molar-refractivity contribution in [1.29, 1.82) is 0 Å². The van der Waals surface area contributed by atoms with Gasteiger partial charge < -0.3 is 32.8 Å². The number of amides is 4. The van der Waals surface area contributed by atoms with Crippen LogP contribution >= 0.6 is 0 Å². The maximum atomic E-state index is 13.1. The predicted octanol–water partition coefficient (Wildman–Crippen LogP) is -2.93. The first kappa shape index (κ1) is 23.6. The molecule has 1 aliphatic heterocycles. The molecule has 0 saturated heterocycles. The van der Waals surface area contributed by atoms with Gasteiger partial charge in [-0.2, -0.15) is 0 Å². The number of aliphatic imine (C=N–C) groups is 2. The van der Waals surface area contributed by atoms with E-state index < -0.39 is 23.5 Å². The highest BCUT2D eigenvalue weighted by Gasteiger charge is 2.47. The molecule has 1 aromatic rings. The number of nitrogens with one attached hydrogen (secondary N) is 3. The minimum Gasteiger partial charge on any atom is -0.370 e. The van der Waals surface area contributed by atoms with E-state index >= 15 is 0 Å². The number of aromatic amines is 1. The van der Waals surface area contributed by atoms with Gasteiger partial charge in [-0.3, -0.25) is 25.2 Å². The lowest BCUT2D eigenvalue weighted by Gasteiger charge is -2.41. The van der Waals surface area contributed by atoms with Crippen LogP contribution in [0.3, 0.4) is 0 Å². The minimum atomic E-state index is -1.34. The lowest BCUT2D eigenvalue weighted by molar-refractivity contribution is -0.145. The number of likely N-dealkylation sites (N-methyl/N-ethyl adjacent to an activating group) is 1. The number of guanidine groups is 2. The molecule has 2 rings (SSSR count). The quantitative estimate of drug-likeness (QED) is 0.121. The molecule has 14 heteroatoms. The van der Waals surface area contributed by atoms with Crippen LogP contribution < -0.4 is 33.6 Å². The van der Waals surface area contributed by atoms with Gasteiger partial charge in [0.25, 0.3) is 5.91 Å². The second-order valence-electron chi connectivity index (χ2n) is 7.26.